The summed E-state index contributed by atoms with van der Waals surface area (Å²) in [4.78, 5) is 0. The minimum Gasteiger partial charge on any atom is -0.485 e. The van der Waals surface area contributed by atoms with Gasteiger partial charge in [0.1, 0.15) is 30.1 Å². The highest BCUT2D eigenvalue weighted by Crippen LogP contribution is 2.48. The van der Waals surface area contributed by atoms with Crippen molar-refractivity contribution >= 4 is 21.9 Å². The summed E-state index contributed by atoms with van der Waals surface area (Å²) in [6, 6.07) is 14.9. The maximum Gasteiger partial charge on any atom is 0.216 e. The molecule has 28 heavy (non-hydrogen) atoms. The molecule has 0 fully saturated rings. The van der Waals surface area contributed by atoms with Gasteiger partial charge in [-0.2, -0.15) is 0 Å². The van der Waals surface area contributed by atoms with Crippen molar-refractivity contribution in [2.24, 2.45) is 7.05 Å². The number of pyridine rings is 1. The first-order valence-corrected chi connectivity index (χ1v) is 9.68. The summed E-state index contributed by atoms with van der Waals surface area (Å²) in [7, 11) is 2.07. The van der Waals surface area contributed by atoms with E-state index in [4.69, 9.17) is 9.15 Å². The summed E-state index contributed by atoms with van der Waals surface area (Å²) < 4.78 is 14.9. The van der Waals surface area contributed by atoms with Crippen LogP contribution in [0, 0.1) is 6.92 Å². The maximum atomic E-state index is 6.61. The van der Waals surface area contributed by atoms with E-state index < -0.39 is 0 Å². The van der Waals surface area contributed by atoms with Crippen LogP contribution in [0.4, 0.5) is 0 Å². The fourth-order valence-electron chi connectivity index (χ4n) is 4.63. The molecule has 0 saturated carbocycles. The van der Waals surface area contributed by atoms with Crippen molar-refractivity contribution < 1.29 is 13.7 Å². The van der Waals surface area contributed by atoms with E-state index in [9.17, 15) is 0 Å². The van der Waals surface area contributed by atoms with Gasteiger partial charge >= 0.3 is 0 Å². The second-order valence-corrected chi connectivity index (χ2v) is 7.67. The van der Waals surface area contributed by atoms with Gasteiger partial charge in [0.2, 0.25) is 5.69 Å². The predicted molar refractivity (Wildman–Crippen MR) is 111 cm³/mol. The summed E-state index contributed by atoms with van der Waals surface area (Å²) in [5.41, 5.74) is 6.57. The molecule has 2 aliphatic rings. The van der Waals surface area contributed by atoms with Crippen LogP contribution in [0.25, 0.3) is 33.2 Å². The van der Waals surface area contributed by atoms with Crippen LogP contribution in [-0.4, -0.2) is 6.10 Å². The van der Waals surface area contributed by atoms with Crippen LogP contribution in [0.2, 0.25) is 0 Å². The third kappa shape index (κ3) is 2.02. The van der Waals surface area contributed by atoms with Crippen molar-refractivity contribution in [1.82, 2.24) is 0 Å². The molecule has 1 aliphatic heterocycles. The number of allylic oxidation sites excluding steroid dienone is 2. The van der Waals surface area contributed by atoms with E-state index in [0.29, 0.717) is 0 Å². The average Bonchev–Trinajstić information content (AvgIpc) is 3.26. The lowest BCUT2D eigenvalue weighted by molar-refractivity contribution is -0.660. The van der Waals surface area contributed by atoms with Gasteiger partial charge in [0.25, 0.3) is 0 Å². The second kappa shape index (κ2) is 5.59. The number of rotatable bonds is 1. The molecule has 2 atom stereocenters. The highest BCUT2D eigenvalue weighted by molar-refractivity contribution is 6.11. The van der Waals surface area contributed by atoms with Crippen LogP contribution in [0.15, 0.2) is 77.4 Å². The number of aromatic nitrogens is 1. The summed E-state index contributed by atoms with van der Waals surface area (Å²) in [5.74, 6) is 1.14. The monoisotopic (exact) mass is 366 g/mol. The molecular formula is C25H20NO2+. The quantitative estimate of drug-likeness (QED) is 0.424. The van der Waals surface area contributed by atoms with E-state index in [1.165, 1.54) is 11.1 Å². The highest BCUT2D eigenvalue weighted by atomic mass is 16.5. The molecule has 2 unspecified atom stereocenters. The van der Waals surface area contributed by atoms with Crippen LogP contribution in [-0.2, 0) is 7.05 Å². The topological polar surface area (TPSA) is 26.2 Å². The molecule has 0 spiro atoms. The van der Waals surface area contributed by atoms with E-state index in [-0.39, 0.29) is 12.0 Å². The Balaban J connectivity index is 1.70. The third-order valence-electron chi connectivity index (χ3n) is 6.01. The van der Waals surface area contributed by atoms with E-state index in [2.05, 4.69) is 85.4 Å². The average molecular weight is 366 g/mol. The van der Waals surface area contributed by atoms with Crippen molar-refractivity contribution in [2.75, 3.05) is 0 Å². The number of benzene rings is 2. The molecule has 0 bridgehead atoms. The molecule has 0 saturated heterocycles. The van der Waals surface area contributed by atoms with Crippen molar-refractivity contribution in [1.29, 1.82) is 0 Å². The van der Waals surface area contributed by atoms with Gasteiger partial charge in [0.05, 0.1) is 11.5 Å². The second-order valence-electron chi connectivity index (χ2n) is 7.67. The smallest absolute Gasteiger partial charge is 0.216 e. The van der Waals surface area contributed by atoms with Gasteiger partial charge in [-0.1, -0.05) is 30.4 Å². The lowest BCUT2D eigenvalue weighted by Crippen LogP contribution is -2.30. The zero-order chi connectivity index (χ0) is 18.8. The number of hydrogen-bond acceptors (Lipinski definition) is 2. The predicted octanol–water partition coefficient (Wildman–Crippen LogP) is 5.36. The van der Waals surface area contributed by atoms with Gasteiger partial charge in [0.15, 0.2) is 6.20 Å². The summed E-state index contributed by atoms with van der Waals surface area (Å²) in [6.07, 6.45) is 10.6. The number of fused-ring (bicyclic) bond motifs is 7. The number of furan rings is 1. The zero-order valence-corrected chi connectivity index (χ0v) is 15.8. The Morgan fingerprint density at radius 3 is 2.61 bits per heavy atom. The van der Waals surface area contributed by atoms with Gasteiger partial charge in [-0.15, -0.1) is 0 Å². The Bertz CT molecular complexity index is 1330. The number of ether oxygens (including phenoxy) is 1. The SMILES string of the molecule is Cc1ccc2c(oc3c4c(ccc32)OC2C=CC=CC42)c1-c1cccc[n+]1C. The standard InChI is InChI=1S/C25H20NO2/c1-15-10-11-16-17-12-13-21-23(18-7-3-4-9-20(18)27-21)25(17)28-24(16)22(15)19-8-5-6-14-26(19)2/h3-14,18,20H,1-2H3/q+1. The Hall–Kier alpha value is -3.33. The largest absolute Gasteiger partial charge is 0.485 e. The van der Waals surface area contributed by atoms with E-state index in [0.717, 1.165) is 38.9 Å². The lowest BCUT2D eigenvalue weighted by Gasteiger charge is -2.13. The molecule has 2 aromatic carbocycles. The number of hydrogen-bond donors (Lipinski definition) is 0. The fraction of sp³-hybridized carbons (Fsp3) is 0.160. The number of nitrogens with zero attached hydrogens (tertiary/aromatic N) is 1. The maximum absolute atomic E-state index is 6.61. The van der Waals surface area contributed by atoms with Crippen LogP contribution in [0.5, 0.6) is 5.75 Å². The Morgan fingerprint density at radius 2 is 1.71 bits per heavy atom. The summed E-state index contributed by atoms with van der Waals surface area (Å²) in [5, 5.41) is 2.31. The first kappa shape index (κ1) is 15.7. The first-order chi connectivity index (χ1) is 13.7. The fourth-order valence-corrected chi connectivity index (χ4v) is 4.63. The van der Waals surface area contributed by atoms with Gasteiger partial charge < -0.3 is 9.15 Å². The molecule has 2 aromatic heterocycles. The molecule has 0 amide bonds. The van der Waals surface area contributed by atoms with Gasteiger partial charge in [-0.05, 0) is 36.8 Å². The lowest BCUT2D eigenvalue weighted by atomic mass is 9.91. The zero-order valence-electron chi connectivity index (χ0n) is 15.8. The molecule has 6 rings (SSSR count). The minimum atomic E-state index is 0.0620. The molecule has 4 aromatic rings. The van der Waals surface area contributed by atoms with Gasteiger partial charge in [0, 0.05) is 28.5 Å². The molecule has 0 N–H and O–H groups in total. The Kier molecular flexibility index (Phi) is 3.13. The van der Waals surface area contributed by atoms with Crippen molar-refractivity contribution in [3.05, 3.63) is 84.1 Å². The Morgan fingerprint density at radius 1 is 0.893 bits per heavy atom. The van der Waals surface area contributed by atoms with Crippen molar-refractivity contribution in [3.8, 4) is 17.0 Å². The highest BCUT2D eigenvalue weighted by Gasteiger charge is 2.35. The van der Waals surface area contributed by atoms with E-state index in [1.54, 1.807) is 0 Å². The Labute approximate surface area is 163 Å². The summed E-state index contributed by atoms with van der Waals surface area (Å²) >= 11 is 0. The molecule has 3 heterocycles. The minimum absolute atomic E-state index is 0.0620. The van der Waals surface area contributed by atoms with Crippen molar-refractivity contribution in [3.63, 3.8) is 0 Å². The molecule has 0 radical (unpaired) electrons. The van der Waals surface area contributed by atoms with Gasteiger partial charge in [-0.25, -0.2) is 4.57 Å². The summed E-state index contributed by atoms with van der Waals surface area (Å²) in [6.45, 7) is 2.15. The molecule has 1 aliphatic carbocycles. The molecule has 3 heteroatoms. The van der Waals surface area contributed by atoms with Crippen LogP contribution in [0.1, 0.15) is 17.0 Å². The van der Waals surface area contributed by atoms with E-state index >= 15 is 0 Å². The van der Waals surface area contributed by atoms with Gasteiger partial charge in [-0.3, -0.25) is 0 Å². The first-order valence-electron chi connectivity index (χ1n) is 9.68. The van der Waals surface area contributed by atoms with E-state index in [1.807, 2.05) is 6.07 Å². The molecule has 3 nitrogen and oxygen atoms in total. The molecular weight excluding hydrogens is 346 g/mol. The normalized spacial score (nSPS) is 19.8. The van der Waals surface area contributed by atoms with Crippen molar-refractivity contribution in [2.45, 2.75) is 18.9 Å². The third-order valence-corrected chi connectivity index (χ3v) is 6.01. The van der Waals surface area contributed by atoms with Crippen LogP contribution >= 0.6 is 0 Å². The molecule has 136 valence electrons. The van der Waals surface area contributed by atoms with Crippen LogP contribution in [0.3, 0.4) is 0 Å². The van der Waals surface area contributed by atoms with Crippen LogP contribution < -0.4 is 9.30 Å². The number of aryl methyl sites for hydroxylation is 2.